The maximum atomic E-state index is 9.70. The lowest BCUT2D eigenvalue weighted by atomic mass is 10.7. The largest absolute Gasteiger partial charge is 0.469 e. The maximum Gasteiger partial charge on any atom is 0.302 e. The highest BCUT2D eigenvalue weighted by Gasteiger charge is 1.76. The summed E-state index contributed by atoms with van der Waals surface area (Å²) in [6.45, 7) is 21.7. The molecule has 2 amide bonds. The van der Waals surface area contributed by atoms with Gasteiger partial charge in [-0.15, -0.1) is 0 Å². The topological polar surface area (TPSA) is 111 Å². The van der Waals surface area contributed by atoms with Crippen LogP contribution in [0.25, 0.3) is 0 Å². The van der Waals surface area contributed by atoms with E-state index in [4.69, 9.17) is 0 Å². The molecular weight excluding hydrogens is 376 g/mol. The fraction of sp³-hybridized carbons (Fsp3) is 0.810. The number of nitrogens with one attached hydrogen (secondary N) is 2. The minimum absolute atomic E-state index is 0. The molecule has 0 rings (SSSR count). The molecule has 2 N–H and O–H groups in total. The van der Waals surface area contributed by atoms with Crippen molar-refractivity contribution in [1.82, 2.24) is 10.6 Å². The van der Waals surface area contributed by atoms with Gasteiger partial charge in [-0.25, -0.2) is 0 Å². The zero-order chi connectivity index (χ0) is 25.1. The summed E-state index contributed by atoms with van der Waals surface area (Å²) in [5.41, 5.74) is 0. The summed E-state index contributed by atoms with van der Waals surface area (Å²) in [5.74, 6) is -0.481. The fourth-order valence-corrected chi connectivity index (χ4v) is 0. The third kappa shape index (κ3) is 427. The van der Waals surface area contributed by atoms with Gasteiger partial charge in [-0.1, -0.05) is 62.8 Å². The first kappa shape index (κ1) is 56.3. The molecule has 0 aliphatic heterocycles. The Bertz CT molecular complexity index is 228. The summed E-state index contributed by atoms with van der Waals surface area (Å²) >= 11 is 0. The quantitative estimate of drug-likeness (QED) is 0.543. The van der Waals surface area contributed by atoms with Crippen LogP contribution >= 0.6 is 0 Å². The molecule has 8 nitrogen and oxygen atoms in total. The summed E-state index contributed by atoms with van der Waals surface area (Å²) in [7, 11) is 5.90. The van der Waals surface area contributed by atoms with Crippen molar-refractivity contribution in [2.75, 3.05) is 28.3 Å². The lowest BCUT2D eigenvalue weighted by molar-refractivity contribution is -0.138. The first-order valence-corrected chi connectivity index (χ1v) is 9.54. The van der Waals surface area contributed by atoms with Gasteiger partial charge in [0.2, 0.25) is 11.8 Å². The third-order valence-electron chi connectivity index (χ3n) is 1.28. The molecule has 8 heteroatoms. The molecule has 0 aromatic heterocycles. The normalized spacial score (nSPS) is 5.52. The Morgan fingerprint density at radius 3 is 0.586 bits per heavy atom. The number of ether oxygens (including phenoxy) is 2. The van der Waals surface area contributed by atoms with Gasteiger partial charge in [0.1, 0.15) is 0 Å². The molecule has 0 radical (unpaired) electrons. The van der Waals surface area contributed by atoms with Crippen molar-refractivity contribution < 1.29 is 28.7 Å². The number of carbonyl (C=O) groups is 4. The van der Waals surface area contributed by atoms with Gasteiger partial charge in [0.25, 0.3) is 0 Å². The van der Waals surface area contributed by atoms with E-state index < -0.39 is 0 Å². The molecule has 0 aromatic rings. The SMILES string of the molecule is C.CC.CC.CC.CC.CNC(C)=O.CNC(C)=O.COC(C)=O.COC(C)=O. The number of hydrogen-bond acceptors (Lipinski definition) is 6. The smallest absolute Gasteiger partial charge is 0.302 e. The van der Waals surface area contributed by atoms with Crippen molar-refractivity contribution in [1.29, 1.82) is 0 Å². The first-order chi connectivity index (χ1) is 13.1. The molecule has 0 saturated carbocycles. The molecule has 0 heterocycles. The van der Waals surface area contributed by atoms with Crippen LogP contribution in [0.3, 0.4) is 0 Å². The van der Waals surface area contributed by atoms with Crippen LogP contribution in [0.4, 0.5) is 0 Å². The predicted molar refractivity (Wildman–Crippen MR) is 127 cm³/mol. The Morgan fingerprint density at radius 1 is 0.517 bits per heavy atom. The molecule has 0 aliphatic carbocycles. The van der Waals surface area contributed by atoms with E-state index in [1.807, 2.05) is 55.4 Å². The van der Waals surface area contributed by atoms with Crippen LogP contribution in [0.15, 0.2) is 0 Å². The molecule has 0 saturated heterocycles. The number of esters is 2. The average molecular weight is 431 g/mol. The minimum Gasteiger partial charge on any atom is -0.469 e. The summed E-state index contributed by atoms with van der Waals surface area (Å²) in [6, 6.07) is 0. The Balaban J connectivity index is -0.0000000233. The van der Waals surface area contributed by atoms with E-state index in [1.54, 1.807) is 14.1 Å². The Hall–Kier alpha value is -2.12. The molecule has 0 spiro atoms. The summed E-state index contributed by atoms with van der Waals surface area (Å²) < 4.78 is 8.22. The number of hydrogen-bond donors (Lipinski definition) is 2. The van der Waals surface area contributed by atoms with Crippen molar-refractivity contribution in [2.45, 2.75) is 90.5 Å². The molecule has 0 atom stereocenters. The van der Waals surface area contributed by atoms with Crippen LogP contribution in [0.1, 0.15) is 90.5 Å². The fourth-order valence-electron chi connectivity index (χ4n) is 0. The lowest BCUT2D eigenvalue weighted by Gasteiger charge is -1.80. The highest BCUT2D eigenvalue weighted by Crippen LogP contribution is 1.60. The van der Waals surface area contributed by atoms with E-state index in [-0.39, 0.29) is 31.2 Å². The van der Waals surface area contributed by atoms with Crippen molar-refractivity contribution in [3.63, 3.8) is 0 Å². The zero-order valence-electron chi connectivity index (χ0n) is 21.4. The van der Waals surface area contributed by atoms with Gasteiger partial charge in [0.15, 0.2) is 0 Å². The second-order valence-corrected chi connectivity index (χ2v) is 3.00. The predicted octanol–water partition coefficient (Wildman–Crippen LogP) is 4.60. The van der Waals surface area contributed by atoms with E-state index in [2.05, 4.69) is 20.1 Å². The van der Waals surface area contributed by atoms with Crippen LogP contribution in [-0.2, 0) is 28.7 Å². The van der Waals surface area contributed by atoms with Gasteiger partial charge < -0.3 is 20.1 Å². The van der Waals surface area contributed by atoms with E-state index in [0.717, 1.165) is 0 Å². The van der Waals surface area contributed by atoms with Gasteiger partial charge in [0, 0.05) is 41.8 Å². The number of rotatable bonds is 0. The van der Waals surface area contributed by atoms with Gasteiger partial charge in [0.05, 0.1) is 14.2 Å². The molecule has 0 bridgehead atoms. The average Bonchev–Trinajstić information content (AvgIpc) is 2.74. The second kappa shape index (κ2) is 83.2. The van der Waals surface area contributed by atoms with E-state index in [9.17, 15) is 19.2 Å². The van der Waals surface area contributed by atoms with E-state index in [1.165, 1.54) is 41.9 Å². The molecule has 184 valence electrons. The number of methoxy groups -OCH3 is 2. The van der Waals surface area contributed by atoms with Crippen molar-refractivity contribution in [3.05, 3.63) is 0 Å². The summed E-state index contributed by atoms with van der Waals surface area (Å²) in [4.78, 5) is 38.6. The molecule has 0 fully saturated rings. The molecule has 0 aromatic carbocycles. The zero-order valence-corrected chi connectivity index (χ0v) is 21.4. The monoisotopic (exact) mass is 430 g/mol. The first-order valence-electron chi connectivity index (χ1n) is 9.54. The maximum absolute atomic E-state index is 9.70. The van der Waals surface area contributed by atoms with Crippen molar-refractivity contribution in [2.24, 2.45) is 0 Å². The van der Waals surface area contributed by atoms with Crippen LogP contribution in [0, 0.1) is 0 Å². The van der Waals surface area contributed by atoms with Crippen molar-refractivity contribution >= 4 is 23.8 Å². The molecule has 0 aliphatic rings. The minimum atomic E-state index is -0.245. The van der Waals surface area contributed by atoms with Crippen LogP contribution in [0.5, 0.6) is 0 Å². The van der Waals surface area contributed by atoms with Crippen molar-refractivity contribution in [3.8, 4) is 0 Å². The van der Waals surface area contributed by atoms with Crippen LogP contribution < -0.4 is 10.6 Å². The second-order valence-electron chi connectivity index (χ2n) is 3.00. The third-order valence-corrected chi connectivity index (χ3v) is 1.28. The number of carbonyl (C=O) groups excluding carboxylic acids is 4. The van der Waals surface area contributed by atoms with Crippen LogP contribution in [0.2, 0.25) is 0 Å². The van der Waals surface area contributed by atoms with Gasteiger partial charge >= 0.3 is 11.9 Å². The van der Waals surface area contributed by atoms with Gasteiger partial charge in [-0.2, -0.15) is 0 Å². The Morgan fingerprint density at radius 2 is 0.586 bits per heavy atom. The van der Waals surface area contributed by atoms with Crippen LogP contribution in [-0.4, -0.2) is 52.1 Å². The van der Waals surface area contributed by atoms with E-state index >= 15 is 0 Å². The molecule has 0 unspecified atom stereocenters. The lowest BCUT2D eigenvalue weighted by Crippen LogP contribution is -2.11. The highest BCUT2D eigenvalue weighted by atomic mass is 16.5. The Labute approximate surface area is 182 Å². The molecule has 29 heavy (non-hydrogen) atoms. The highest BCUT2D eigenvalue weighted by molar-refractivity contribution is 5.72. The van der Waals surface area contributed by atoms with E-state index in [0.29, 0.717) is 0 Å². The Kier molecular flexibility index (Phi) is 161. The van der Waals surface area contributed by atoms with Gasteiger partial charge in [-0.3, -0.25) is 19.2 Å². The van der Waals surface area contributed by atoms with Gasteiger partial charge in [-0.05, 0) is 0 Å². The standard InChI is InChI=1S/2C3H7NO.2C3H6O2.4C2H6.CH4/c2*1-3(5)4-2;2*1-3(4)5-2;4*1-2;/h2*1-2H3,(H,4,5);2*1-2H3;4*1-2H3;1H4. The summed E-state index contributed by atoms with van der Waals surface area (Å²) in [6.07, 6.45) is 0. The molecular formula is C21H54N2O6. The number of amides is 2. The summed E-state index contributed by atoms with van der Waals surface area (Å²) in [5, 5.41) is 4.78.